The van der Waals surface area contributed by atoms with E-state index >= 15 is 0 Å². The highest BCUT2D eigenvalue weighted by molar-refractivity contribution is 7.25. The third kappa shape index (κ3) is 5.48. The van der Waals surface area contributed by atoms with Gasteiger partial charge in [-0.2, -0.15) is 0 Å². The number of hydrogen-bond donors (Lipinski definition) is 0. The molecule has 3 heterocycles. The summed E-state index contributed by atoms with van der Waals surface area (Å²) in [6.07, 6.45) is 0. The van der Waals surface area contributed by atoms with Crippen molar-refractivity contribution >= 4 is 53.3 Å². The zero-order valence-corrected chi connectivity index (χ0v) is 30.7. The minimum absolute atomic E-state index is 0.0808. The molecular formula is C51H32N4S. The number of nitrogens with zero attached hydrogens (tertiary/aromatic N) is 4. The van der Waals surface area contributed by atoms with Gasteiger partial charge in [-0.05, 0) is 64.7 Å². The fourth-order valence-corrected chi connectivity index (χ4v) is 8.91. The summed E-state index contributed by atoms with van der Waals surface area (Å²) in [5.74, 6) is 1.58. The van der Waals surface area contributed by atoms with E-state index in [9.17, 15) is 2.74 Å². The molecular weight excluding hydrogens is 701 g/mol. The molecule has 0 amide bonds. The summed E-state index contributed by atoms with van der Waals surface area (Å²) < 4.78 is 40.4. The maximum Gasteiger partial charge on any atom is 0.164 e. The maximum absolute atomic E-state index is 9.28. The Kier molecular flexibility index (Phi) is 6.70. The van der Waals surface area contributed by atoms with Crippen molar-refractivity contribution in [3.63, 3.8) is 0 Å². The third-order valence-electron chi connectivity index (χ3n) is 10.4. The molecule has 0 saturated heterocycles. The van der Waals surface area contributed by atoms with E-state index < -0.39 is 0 Å². The first-order chi connectivity index (χ1) is 29.4. The van der Waals surface area contributed by atoms with Crippen LogP contribution in [0.25, 0.3) is 104 Å². The summed E-state index contributed by atoms with van der Waals surface area (Å²) >= 11 is 1.75. The van der Waals surface area contributed by atoms with Gasteiger partial charge in [-0.25, -0.2) is 15.0 Å². The van der Waals surface area contributed by atoms with Crippen LogP contribution >= 0.6 is 11.3 Å². The Morgan fingerprint density at radius 1 is 0.411 bits per heavy atom. The molecule has 0 atom stereocenters. The van der Waals surface area contributed by atoms with Crippen LogP contribution in [-0.2, 0) is 0 Å². The highest BCUT2D eigenvalue weighted by Crippen LogP contribution is 2.40. The maximum atomic E-state index is 9.28. The number of rotatable bonds is 6. The van der Waals surface area contributed by atoms with Gasteiger partial charge in [0, 0.05) is 53.3 Å². The van der Waals surface area contributed by atoms with Crippen LogP contribution in [0, 0.1) is 0 Å². The van der Waals surface area contributed by atoms with Crippen LogP contribution in [0.15, 0.2) is 194 Å². The van der Waals surface area contributed by atoms with E-state index in [1.165, 1.54) is 15.5 Å². The van der Waals surface area contributed by atoms with Gasteiger partial charge in [-0.3, -0.25) is 0 Å². The standard InChI is InChI=1S/C51H32N4S/c1-3-14-33(15-4-1)35-18-11-19-36(30-35)40-24-13-26-45-48(40)43-23-7-9-25-44(43)55(45)39-21-12-20-37(31-39)50-52-49(34-16-5-2-6-17-34)53-51(54-50)38-28-29-42-41-22-8-10-27-46(41)56-47(42)32-38/h1-32H/i7D,9D,23D,25D. The molecule has 0 radical (unpaired) electrons. The second kappa shape index (κ2) is 13.3. The molecule has 0 aliphatic rings. The molecule has 0 fully saturated rings. The zero-order chi connectivity index (χ0) is 40.5. The third-order valence-corrected chi connectivity index (χ3v) is 11.5. The SMILES string of the molecule is [2H]c1c([2H])c([2H])c2c(c1[2H])c1c(-c3cccc(-c4ccccc4)c3)cccc1n2-c1cccc(-c2nc(-c3ccccc3)nc(-c3ccc4c(c3)sc3ccccc34)n2)c1. The summed E-state index contributed by atoms with van der Waals surface area (Å²) in [5, 5.41) is 3.64. The largest absolute Gasteiger partial charge is 0.309 e. The first-order valence-corrected chi connectivity index (χ1v) is 19.3. The van der Waals surface area contributed by atoms with Crippen LogP contribution in [0.4, 0.5) is 0 Å². The molecule has 262 valence electrons. The summed E-state index contributed by atoms with van der Waals surface area (Å²) in [6.45, 7) is 0. The molecule has 0 aliphatic heterocycles. The molecule has 11 aromatic rings. The molecule has 11 rings (SSSR count). The predicted octanol–water partition coefficient (Wildman–Crippen LogP) is 13.7. The molecule has 0 bridgehead atoms. The van der Waals surface area contributed by atoms with E-state index in [2.05, 4.69) is 72.8 Å². The normalized spacial score (nSPS) is 12.6. The van der Waals surface area contributed by atoms with Crippen LogP contribution in [0.3, 0.4) is 0 Å². The topological polar surface area (TPSA) is 43.6 Å². The van der Waals surface area contributed by atoms with Crippen molar-refractivity contribution in [2.24, 2.45) is 0 Å². The highest BCUT2D eigenvalue weighted by Gasteiger charge is 2.18. The second-order valence-corrected chi connectivity index (χ2v) is 14.8. The lowest BCUT2D eigenvalue weighted by Crippen LogP contribution is -2.01. The second-order valence-electron chi connectivity index (χ2n) is 13.7. The Bertz CT molecular complexity index is 3490. The summed E-state index contributed by atoms with van der Waals surface area (Å²) in [5.41, 5.74) is 8.32. The number of hydrogen-bond acceptors (Lipinski definition) is 4. The Hall–Kier alpha value is -7.21. The monoisotopic (exact) mass is 736 g/mol. The average molecular weight is 737 g/mol. The van der Waals surface area contributed by atoms with Crippen LogP contribution in [0.1, 0.15) is 5.48 Å². The first-order valence-electron chi connectivity index (χ1n) is 20.4. The van der Waals surface area contributed by atoms with Crippen molar-refractivity contribution in [3.05, 3.63) is 194 Å². The molecule has 0 saturated carbocycles. The van der Waals surface area contributed by atoms with E-state index in [4.69, 9.17) is 17.7 Å². The highest BCUT2D eigenvalue weighted by atomic mass is 32.1. The molecule has 0 N–H and O–H groups in total. The van der Waals surface area contributed by atoms with Gasteiger partial charge in [0.1, 0.15) is 0 Å². The van der Waals surface area contributed by atoms with E-state index in [1.807, 2.05) is 102 Å². The average Bonchev–Trinajstić information content (AvgIpc) is 3.87. The van der Waals surface area contributed by atoms with E-state index in [0.29, 0.717) is 34.1 Å². The Labute approximate surface area is 333 Å². The summed E-state index contributed by atoms with van der Waals surface area (Å²) in [4.78, 5) is 15.2. The number of fused-ring (bicyclic) bond motifs is 6. The van der Waals surface area contributed by atoms with Crippen LogP contribution in [0.2, 0.25) is 0 Å². The van der Waals surface area contributed by atoms with Gasteiger partial charge in [-0.1, -0.05) is 152 Å². The van der Waals surface area contributed by atoms with Gasteiger partial charge in [0.05, 0.1) is 16.5 Å². The Morgan fingerprint density at radius 3 is 1.88 bits per heavy atom. The van der Waals surface area contributed by atoms with Crippen molar-refractivity contribution in [2.45, 2.75) is 0 Å². The predicted molar refractivity (Wildman–Crippen MR) is 234 cm³/mol. The lowest BCUT2D eigenvalue weighted by molar-refractivity contribution is 1.07. The van der Waals surface area contributed by atoms with Crippen molar-refractivity contribution in [1.29, 1.82) is 0 Å². The molecule has 0 spiro atoms. The van der Waals surface area contributed by atoms with Gasteiger partial charge in [0.15, 0.2) is 17.5 Å². The van der Waals surface area contributed by atoms with Gasteiger partial charge >= 0.3 is 0 Å². The number of benzene rings is 8. The lowest BCUT2D eigenvalue weighted by Gasteiger charge is -2.12. The minimum atomic E-state index is -0.287. The lowest BCUT2D eigenvalue weighted by atomic mass is 9.96. The number of thiophene rings is 1. The van der Waals surface area contributed by atoms with Crippen molar-refractivity contribution in [1.82, 2.24) is 19.5 Å². The minimum Gasteiger partial charge on any atom is -0.309 e. The molecule has 56 heavy (non-hydrogen) atoms. The van der Waals surface area contributed by atoms with Gasteiger partial charge in [-0.15, -0.1) is 11.3 Å². The molecule has 5 heteroatoms. The van der Waals surface area contributed by atoms with Crippen molar-refractivity contribution in [2.75, 3.05) is 0 Å². The summed E-state index contributed by atoms with van der Waals surface area (Å²) in [7, 11) is 0. The molecule has 3 aromatic heterocycles. The fourth-order valence-electron chi connectivity index (χ4n) is 7.77. The number of para-hydroxylation sites is 1. The van der Waals surface area contributed by atoms with Crippen LogP contribution < -0.4 is 0 Å². The smallest absolute Gasteiger partial charge is 0.164 e. The van der Waals surface area contributed by atoms with Gasteiger partial charge in [0.25, 0.3) is 0 Å². The van der Waals surface area contributed by atoms with E-state index in [-0.39, 0.29) is 24.2 Å². The quantitative estimate of drug-likeness (QED) is 0.171. The Morgan fingerprint density at radius 2 is 1.04 bits per heavy atom. The molecule has 8 aromatic carbocycles. The van der Waals surface area contributed by atoms with Crippen molar-refractivity contribution in [3.8, 4) is 62.1 Å². The van der Waals surface area contributed by atoms with Gasteiger partial charge in [0.2, 0.25) is 0 Å². The first kappa shape index (κ1) is 28.3. The van der Waals surface area contributed by atoms with E-state index in [1.54, 1.807) is 11.3 Å². The van der Waals surface area contributed by atoms with E-state index in [0.717, 1.165) is 54.5 Å². The van der Waals surface area contributed by atoms with Gasteiger partial charge < -0.3 is 4.57 Å². The molecule has 0 aliphatic carbocycles. The molecule has 4 nitrogen and oxygen atoms in total. The zero-order valence-electron chi connectivity index (χ0n) is 33.9. The summed E-state index contributed by atoms with van der Waals surface area (Å²) in [6, 6.07) is 56.3. The van der Waals surface area contributed by atoms with Crippen LogP contribution in [0.5, 0.6) is 0 Å². The Balaban J connectivity index is 1.12. The van der Waals surface area contributed by atoms with Crippen LogP contribution in [-0.4, -0.2) is 19.5 Å². The van der Waals surface area contributed by atoms with Crippen molar-refractivity contribution < 1.29 is 5.48 Å². The molecule has 0 unspecified atom stereocenters. The number of aromatic nitrogens is 4. The fraction of sp³-hybridized carbons (Fsp3) is 0.